The lowest BCUT2D eigenvalue weighted by atomic mass is 9.31. The van der Waals surface area contributed by atoms with Crippen LogP contribution in [0.25, 0.3) is 0 Å². The molecule has 22 atom stereocenters. The number of carbonyl (C=O) groups is 3. The average molecular weight is 945 g/mol. The second kappa shape index (κ2) is 12.7. The van der Waals surface area contributed by atoms with E-state index in [1.165, 1.54) is 0 Å². The van der Waals surface area contributed by atoms with Crippen LogP contribution in [0.4, 0.5) is 0 Å². The zero-order chi connectivity index (χ0) is 46.8. The minimum Gasteiger partial charge on any atom is -0.469 e. The third-order valence-corrected chi connectivity index (χ3v) is 25.0. The van der Waals surface area contributed by atoms with Crippen molar-refractivity contribution in [3.63, 3.8) is 0 Å². The predicted octanol–water partition coefficient (Wildman–Crippen LogP) is 5.47. The zero-order valence-electron chi connectivity index (χ0n) is 40.2. The maximum atomic E-state index is 16.0. The number of ether oxygens (including phenoxy) is 4. The van der Waals surface area contributed by atoms with Crippen LogP contribution in [0.5, 0.6) is 0 Å². The van der Waals surface area contributed by atoms with Crippen LogP contribution >= 0.6 is 0 Å². The van der Waals surface area contributed by atoms with Crippen LogP contribution in [0.1, 0.15) is 115 Å². The quantitative estimate of drug-likeness (QED) is 0.160. The highest BCUT2D eigenvalue weighted by molar-refractivity contribution is 5.95. The summed E-state index contributed by atoms with van der Waals surface area (Å²) in [6.07, 6.45) is 20.1. The number of Topliss-reactive ketones (excluding diaryl/α,β-unsaturated/α-hetero) is 1. The molecule has 8 aliphatic carbocycles. The largest absolute Gasteiger partial charge is 0.469 e. The molecule has 368 valence electrons. The summed E-state index contributed by atoms with van der Waals surface area (Å²) in [7, 11) is 0. The molecule has 4 N–H and O–H groups in total. The van der Waals surface area contributed by atoms with Gasteiger partial charge in [-0.15, -0.1) is 0 Å². The molecule has 1 aromatic rings. The molecule has 13 nitrogen and oxygen atoms in total. The molecule has 8 heterocycles. The van der Waals surface area contributed by atoms with Crippen LogP contribution in [0.2, 0.25) is 0 Å². The van der Waals surface area contributed by atoms with Crippen molar-refractivity contribution in [3.05, 3.63) is 59.7 Å². The number of cyclic esters (lactones) is 2. The summed E-state index contributed by atoms with van der Waals surface area (Å²) < 4.78 is 35.1. The number of nitrogens with one attached hydrogen (secondary N) is 1. The van der Waals surface area contributed by atoms with E-state index in [1.807, 2.05) is 6.07 Å². The molecule has 6 bridgehead atoms. The molecule has 22 unspecified atom stereocenters. The van der Waals surface area contributed by atoms with Crippen LogP contribution in [0, 0.1) is 85.8 Å². The second-order valence-electron chi connectivity index (χ2n) is 26.4. The maximum absolute atomic E-state index is 16.0. The number of fused-ring (bicyclic) bond motifs is 5. The number of epoxide rings is 1. The Kier molecular flexibility index (Phi) is 7.77. The number of ketones is 1. The van der Waals surface area contributed by atoms with Gasteiger partial charge in [-0.25, -0.2) is 4.79 Å². The van der Waals surface area contributed by atoms with Crippen molar-refractivity contribution in [2.24, 2.45) is 85.8 Å². The molecular formula is C56H68N2O11. The Balaban J connectivity index is 0.864. The molecule has 0 radical (unpaired) electrons. The van der Waals surface area contributed by atoms with Gasteiger partial charge in [0.05, 0.1) is 42.6 Å². The van der Waals surface area contributed by atoms with E-state index in [2.05, 4.69) is 61.5 Å². The van der Waals surface area contributed by atoms with Crippen molar-refractivity contribution in [1.29, 1.82) is 0 Å². The highest BCUT2D eigenvalue weighted by Crippen LogP contribution is 2.94. The molecule has 69 heavy (non-hydrogen) atoms. The Hall–Kier alpha value is -3.33. The van der Waals surface area contributed by atoms with E-state index in [0.29, 0.717) is 54.4 Å². The van der Waals surface area contributed by atoms with Gasteiger partial charge in [0.1, 0.15) is 41.2 Å². The SMILES string of the molecule is CC12CC=C3CC4CC5C=CC67C(=O)OCC8(C1C(=O)C(O)C1(C)C8C(CC8(C)C(c9ccoc9CC(C(O)CO)C9CCC%10C(C=CN%11CNCC%10%11)C9)OC(=O)C9OC981)CC46C51CCCC1)C37O2. The fourth-order valence-electron chi connectivity index (χ4n) is 23.4. The Morgan fingerprint density at radius 1 is 1.03 bits per heavy atom. The van der Waals surface area contributed by atoms with Crippen LogP contribution in [-0.4, -0.2) is 106 Å². The number of aliphatic hydroxyl groups excluding tert-OH is 3. The lowest BCUT2D eigenvalue weighted by Gasteiger charge is -2.73. The van der Waals surface area contributed by atoms with Gasteiger partial charge in [0.2, 0.25) is 0 Å². The van der Waals surface area contributed by atoms with E-state index >= 15 is 9.59 Å². The Morgan fingerprint density at radius 2 is 1.87 bits per heavy atom. The fraction of sp³-hybridized carbons (Fsp3) is 0.768. The number of carbonyl (C=O) groups excluding carboxylic acids is 3. The zero-order valence-corrected chi connectivity index (χ0v) is 40.2. The number of allylic oxidation sites excluding steroid dienone is 2. The lowest BCUT2D eigenvalue weighted by molar-refractivity contribution is -0.297. The van der Waals surface area contributed by atoms with Gasteiger partial charge in [-0.05, 0) is 142 Å². The third-order valence-electron chi connectivity index (χ3n) is 25.0. The van der Waals surface area contributed by atoms with Crippen molar-refractivity contribution in [1.82, 2.24) is 10.2 Å². The van der Waals surface area contributed by atoms with E-state index in [1.54, 1.807) is 6.26 Å². The van der Waals surface area contributed by atoms with Crippen molar-refractivity contribution in [2.75, 3.05) is 26.4 Å². The lowest BCUT2D eigenvalue weighted by Crippen LogP contribution is -2.82. The van der Waals surface area contributed by atoms with Crippen molar-refractivity contribution < 1.29 is 53.1 Å². The molecule has 0 aromatic carbocycles. The summed E-state index contributed by atoms with van der Waals surface area (Å²) in [5.41, 5.74) is -6.75. The Bertz CT molecular complexity index is 2640. The maximum Gasteiger partial charge on any atom is 0.339 e. The summed E-state index contributed by atoms with van der Waals surface area (Å²) in [6, 6.07) is 2.39. The molecule has 13 heteroatoms. The average Bonchev–Trinajstić information content (AvgIpc) is 3.79. The van der Waals surface area contributed by atoms with Gasteiger partial charge in [-0.1, -0.05) is 51.0 Å². The van der Waals surface area contributed by atoms with Crippen molar-refractivity contribution in [2.45, 2.75) is 152 Å². The first-order valence-electron chi connectivity index (χ1n) is 27.0. The molecule has 6 spiro atoms. The molecule has 15 aliphatic rings. The van der Waals surface area contributed by atoms with Gasteiger partial charge < -0.3 is 43.6 Å². The summed E-state index contributed by atoms with van der Waals surface area (Å²) in [6.45, 7) is 7.79. The normalized spacial score (nSPS) is 56.1. The highest BCUT2D eigenvalue weighted by Gasteiger charge is 3.00. The minimum absolute atomic E-state index is 0.0194. The summed E-state index contributed by atoms with van der Waals surface area (Å²) in [5.74, 6) is -0.434. The standard InChI is InChI=1S/C56H68N2O11/c1-48-22-30-23-54-33-19-31(51(54)12-4-5-13-51)9-15-53(54)47(64)66-26-52-41(30)50(3,43(62)40(61)42(52)49(2)14-8-32(20-33)55(52,53)69-49)56(48)45(68-56)46(63)67-44(48)35-11-17-65-39(35)21-36(38(60)25-59)28-6-7-34-29(18-28)10-16-58-27-57-24-37(34)58/h8-11,15-17,28-31,33-34,36-38,41-45,57,59-60,62H,4-7,12-14,18-27H2,1-3H3. The molecule has 5 saturated heterocycles. The van der Waals surface area contributed by atoms with Gasteiger partial charge in [-0.3, -0.25) is 14.9 Å². The van der Waals surface area contributed by atoms with E-state index in [-0.39, 0.29) is 54.1 Å². The van der Waals surface area contributed by atoms with Gasteiger partial charge in [0.15, 0.2) is 11.9 Å². The minimum atomic E-state index is -1.49. The van der Waals surface area contributed by atoms with Crippen LogP contribution in [0.3, 0.4) is 0 Å². The van der Waals surface area contributed by atoms with Gasteiger partial charge >= 0.3 is 11.9 Å². The third kappa shape index (κ3) is 4.04. The molecule has 7 saturated carbocycles. The molecule has 1 aromatic heterocycles. The van der Waals surface area contributed by atoms with Crippen LogP contribution in [-0.2, 0) is 39.8 Å². The van der Waals surface area contributed by atoms with Gasteiger partial charge in [0.25, 0.3) is 0 Å². The van der Waals surface area contributed by atoms with Gasteiger partial charge in [0, 0.05) is 40.8 Å². The molecule has 16 rings (SSSR count). The summed E-state index contributed by atoms with van der Waals surface area (Å²) in [5, 5.41) is 39.3. The van der Waals surface area contributed by atoms with Gasteiger partial charge in [-0.2, -0.15) is 0 Å². The number of esters is 2. The first-order valence-corrected chi connectivity index (χ1v) is 27.0. The summed E-state index contributed by atoms with van der Waals surface area (Å²) in [4.78, 5) is 49.0. The molecule has 12 fully saturated rings. The van der Waals surface area contributed by atoms with E-state index in [4.69, 9.17) is 23.4 Å². The number of hydrogen-bond acceptors (Lipinski definition) is 13. The number of rotatable bonds is 6. The van der Waals surface area contributed by atoms with Crippen molar-refractivity contribution in [3.8, 4) is 0 Å². The number of aliphatic hydroxyl groups is 3. The second-order valence-corrected chi connectivity index (χ2v) is 26.4. The summed E-state index contributed by atoms with van der Waals surface area (Å²) >= 11 is 0. The number of hydrogen-bond donors (Lipinski definition) is 4. The smallest absolute Gasteiger partial charge is 0.339 e. The molecule has 0 amide bonds. The van der Waals surface area contributed by atoms with Crippen LogP contribution < -0.4 is 5.32 Å². The number of nitrogens with zero attached hydrogens (tertiary/aromatic N) is 1. The monoisotopic (exact) mass is 944 g/mol. The molecular weight excluding hydrogens is 877 g/mol. The Morgan fingerprint density at radius 3 is 2.70 bits per heavy atom. The van der Waals surface area contributed by atoms with E-state index in [0.717, 1.165) is 83.0 Å². The Labute approximate surface area is 403 Å². The topological polar surface area (TPSA) is 181 Å². The molecule has 7 aliphatic heterocycles. The van der Waals surface area contributed by atoms with E-state index in [9.17, 15) is 20.1 Å². The fourth-order valence-corrected chi connectivity index (χ4v) is 23.4. The van der Waals surface area contributed by atoms with E-state index < -0.39 is 86.1 Å². The first-order chi connectivity index (χ1) is 33.2. The number of furan rings is 1. The predicted molar refractivity (Wildman–Crippen MR) is 244 cm³/mol. The van der Waals surface area contributed by atoms with Crippen molar-refractivity contribution >= 4 is 17.7 Å². The van der Waals surface area contributed by atoms with Crippen LogP contribution in [0.15, 0.2) is 52.8 Å². The first kappa shape index (κ1) is 42.2. The highest BCUT2D eigenvalue weighted by atomic mass is 16.7.